The van der Waals surface area contributed by atoms with Crippen molar-refractivity contribution in [1.82, 2.24) is 15.6 Å². The van der Waals surface area contributed by atoms with Crippen LogP contribution in [-0.2, 0) is 4.79 Å². The molecule has 0 bridgehead atoms. The summed E-state index contributed by atoms with van der Waals surface area (Å²) in [5.74, 6) is -1.49. The molecule has 2 aromatic rings. The second-order valence-corrected chi connectivity index (χ2v) is 8.89. The molecule has 10 heteroatoms. The molecule has 0 aliphatic rings. The molecule has 0 aliphatic carbocycles. The molecular formula is C26H37N3O7. The second kappa shape index (κ2) is 14.0. The van der Waals surface area contributed by atoms with E-state index in [0.29, 0.717) is 6.42 Å². The third kappa shape index (κ3) is 7.81. The lowest BCUT2D eigenvalue weighted by Crippen LogP contribution is -2.67. The van der Waals surface area contributed by atoms with E-state index in [1.54, 1.807) is 30.3 Å². The van der Waals surface area contributed by atoms with Crippen molar-refractivity contribution >= 4 is 11.8 Å². The molecule has 198 valence electrons. The predicted octanol–water partition coefficient (Wildman–Crippen LogP) is 0.791. The number of nitrogens with zero attached hydrogens (tertiary/aromatic N) is 1. The van der Waals surface area contributed by atoms with Crippen LogP contribution >= 0.6 is 0 Å². The Morgan fingerprint density at radius 1 is 0.972 bits per heavy atom. The summed E-state index contributed by atoms with van der Waals surface area (Å²) in [5.41, 5.74) is -2.56. The fraction of sp³-hybridized carbons (Fsp3) is 0.500. The first-order valence-corrected chi connectivity index (χ1v) is 12.1. The van der Waals surface area contributed by atoms with Gasteiger partial charge in [0, 0.05) is 6.20 Å². The monoisotopic (exact) mass is 503 g/mol. The number of pyridine rings is 1. The average Bonchev–Trinajstić information content (AvgIpc) is 2.89. The minimum Gasteiger partial charge on any atom is -0.391 e. The van der Waals surface area contributed by atoms with Gasteiger partial charge in [0.05, 0.1) is 6.10 Å². The Morgan fingerprint density at radius 3 is 2.22 bits per heavy atom. The van der Waals surface area contributed by atoms with Gasteiger partial charge in [-0.2, -0.15) is 0 Å². The quantitative estimate of drug-likeness (QED) is 0.146. The molecule has 1 aromatic heterocycles. The van der Waals surface area contributed by atoms with Gasteiger partial charge in [-0.05, 0) is 31.0 Å². The highest BCUT2D eigenvalue weighted by Gasteiger charge is 2.49. The van der Waals surface area contributed by atoms with Gasteiger partial charge in [0.25, 0.3) is 5.91 Å². The Kier molecular flexibility index (Phi) is 11.4. The molecule has 36 heavy (non-hydrogen) atoms. The summed E-state index contributed by atoms with van der Waals surface area (Å²) < 4.78 is 0. The predicted molar refractivity (Wildman–Crippen MR) is 132 cm³/mol. The number of amides is 2. The number of aromatic nitrogens is 1. The van der Waals surface area contributed by atoms with Crippen molar-refractivity contribution in [2.75, 3.05) is 0 Å². The Hall–Kier alpha value is -2.89. The highest BCUT2D eigenvalue weighted by Crippen LogP contribution is 2.29. The first-order valence-electron chi connectivity index (χ1n) is 12.1. The lowest BCUT2D eigenvalue weighted by Gasteiger charge is -2.41. The smallest absolute Gasteiger partial charge is 0.270 e. The Bertz CT molecular complexity index is 945. The van der Waals surface area contributed by atoms with Crippen molar-refractivity contribution in [3.63, 3.8) is 0 Å². The van der Waals surface area contributed by atoms with E-state index in [-0.39, 0.29) is 17.7 Å². The van der Waals surface area contributed by atoms with Crippen LogP contribution in [0.3, 0.4) is 0 Å². The Labute approximate surface area is 211 Å². The van der Waals surface area contributed by atoms with Crippen molar-refractivity contribution in [1.29, 1.82) is 0 Å². The summed E-state index contributed by atoms with van der Waals surface area (Å²) in [6.45, 7) is 3.22. The summed E-state index contributed by atoms with van der Waals surface area (Å²) in [5, 5.41) is 58.0. The third-order valence-corrected chi connectivity index (χ3v) is 5.99. The molecule has 0 spiro atoms. The summed E-state index contributed by atoms with van der Waals surface area (Å²) in [4.78, 5) is 30.0. The number of carbonyl (C=O) groups is 2. The molecule has 6 atom stereocenters. The van der Waals surface area contributed by atoms with Crippen molar-refractivity contribution < 1.29 is 35.1 Å². The van der Waals surface area contributed by atoms with Gasteiger partial charge in [0.15, 0.2) is 5.72 Å². The number of aliphatic hydroxyl groups is 5. The van der Waals surface area contributed by atoms with Crippen molar-refractivity contribution in [3.05, 3.63) is 66.0 Å². The molecule has 0 saturated carbocycles. The average molecular weight is 504 g/mol. The summed E-state index contributed by atoms with van der Waals surface area (Å²) in [6.07, 6.45) is -2.50. The van der Waals surface area contributed by atoms with Crippen LogP contribution in [0.25, 0.3) is 0 Å². The van der Waals surface area contributed by atoms with Crippen LogP contribution in [0.5, 0.6) is 0 Å². The number of rotatable bonds is 14. The number of unbranched alkanes of at least 4 members (excludes halogenated alkanes) is 3. The van der Waals surface area contributed by atoms with Gasteiger partial charge in [-0.1, -0.05) is 69.0 Å². The zero-order valence-corrected chi connectivity index (χ0v) is 20.6. The third-order valence-electron chi connectivity index (χ3n) is 5.99. The number of benzene rings is 1. The van der Waals surface area contributed by atoms with Crippen LogP contribution in [-0.4, -0.2) is 72.4 Å². The van der Waals surface area contributed by atoms with Crippen molar-refractivity contribution in [3.8, 4) is 0 Å². The molecule has 0 saturated heterocycles. The molecule has 2 amide bonds. The van der Waals surface area contributed by atoms with E-state index in [2.05, 4.69) is 15.6 Å². The lowest BCUT2D eigenvalue weighted by molar-refractivity contribution is -0.210. The molecule has 0 radical (unpaired) electrons. The standard InChI is InChI=1S/C26H37N3O7/c1-3-4-5-9-15-20(28-24(34)19-14-10-11-16-27-19)25(35)29-26(36,23(33)21(31)17(2)30)22(32)18-12-7-6-8-13-18/h6-8,10-14,16-17,20-23,30-33,36H,3-5,9,15H2,1-2H3,(H,28,34)(H,29,35)/t17-,20-,21-,22?,23+,26+/m1/s1. The Balaban J connectivity index is 2.34. The maximum Gasteiger partial charge on any atom is 0.270 e. The van der Waals surface area contributed by atoms with Gasteiger partial charge in [-0.25, -0.2) is 0 Å². The second-order valence-electron chi connectivity index (χ2n) is 8.89. The van der Waals surface area contributed by atoms with Crippen molar-refractivity contribution in [2.45, 2.75) is 82.1 Å². The highest BCUT2D eigenvalue weighted by molar-refractivity contribution is 5.96. The van der Waals surface area contributed by atoms with Crippen molar-refractivity contribution in [2.24, 2.45) is 0 Å². The number of hydrogen-bond acceptors (Lipinski definition) is 8. The van der Waals surface area contributed by atoms with E-state index in [1.165, 1.54) is 31.3 Å². The van der Waals surface area contributed by atoms with Gasteiger partial charge in [0.2, 0.25) is 5.91 Å². The lowest BCUT2D eigenvalue weighted by atomic mass is 9.88. The van der Waals surface area contributed by atoms with Gasteiger partial charge in [-0.3, -0.25) is 14.6 Å². The van der Waals surface area contributed by atoms with Gasteiger partial charge >= 0.3 is 0 Å². The van der Waals surface area contributed by atoms with E-state index in [4.69, 9.17) is 0 Å². The van der Waals surface area contributed by atoms with Gasteiger partial charge < -0.3 is 36.2 Å². The normalized spacial score (nSPS) is 17.2. The summed E-state index contributed by atoms with van der Waals surface area (Å²) >= 11 is 0. The highest BCUT2D eigenvalue weighted by atomic mass is 16.4. The zero-order chi connectivity index (χ0) is 26.7. The fourth-order valence-electron chi connectivity index (χ4n) is 3.78. The minimum absolute atomic E-state index is 0.0907. The van der Waals surface area contributed by atoms with Crippen LogP contribution in [0.4, 0.5) is 0 Å². The molecule has 1 unspecified atom stereocenters. The van der Waals surface area contributed by atoms with E-state index >= 15 is 0 Å². The fourth-order valence-corrected chi connectivity index (χ4v) is 3.78. The molecule has 7 N–H and O–H groups in total. The summed E-state index contributed by atoms with van der Waals surface area (Å²) in [7, 11) is 0. The van der Waals surface area contributed by atoms with Crippen LogP contribution < -0.4 is 10.6 Å². The van der Waals surface area contributed by atoms with E-state index in [9.17, 15) is 35.1 Å². The molecule has 1 aromatic carbocycles. The molecule has 2 rings (SSSR count). The van der Waals surface area contributed by atoms with Crippen LogP contribution in [0.1, 0.15) is 68.1 Å². The molecule has 1 heterocycles. The van der Waals surface area contributed by atoms with E-state index in [0.717, 1.165) is 19.3 Å². The zero-order valence-electron chi connectivity index (χ0n) is 20.6. The van der Waals surface area contributed by atoms with Crippen LogP contribution in [0.15, 0.2) is 54.7 Å². The topological polar surface area (TPSA) is 172 Å². The largest absolute Gasteiger partial charge is 0.391 e. The molecule has 10 nitrogen and oxygen atoms in total. The maximum atomic E-state index is 13.3. The molecule has 0 aliphatic heterocycles. The van der Waals surface area contributed by atoms with E-state index < -0.39 is 48.0 Å². The van der Waals surface area contributed by atoms with E-state index in [1.807, 2.05) is 6.92 Å². The SMILES string of the molecule is CCCCCC[C@@H](NC(=O)c1ccccn1)C(=O)N[C@](O)(C(O)c1ccccc1)[C@@H](O)[C@H](O)[C@@H](C)O. The number of aliphatic hydroxyl groups excluding tert-OH is 4. The number of hydrogen-bond donors (Lipinski definition) is 7. The number of nitrogens with one attached hydrogen (secondary N) is 2. The van der Waals surface area contributed by atoms with Gasteiger partial charge in [-0.15, -0.1) is 0 Å². The first kappa shape index (κ1) is 29.3. The minimum atomic E-state index is -2.80. The molecular weight excluding hydrogens is 466 g/mol. The van der Waals surface area contributed by atoms with Gasteiger partial charge in [0.1, 0.15) is 30.0 Å². The van der Waals surface area contributed by atoms with Crippen LogP contribution in [0, 0.1) is 0 Å². The summed E-state index contributed by atoms with van der Waals surface area (Å²) in [6, 6.07) is 11.4. The maximum absolute atomic E-state index is 13.3. The molecule has 0 fully saturated rings. The Morgan fingerprint density at radius 2 is 1.64 bits per heavy atom. The van der Waals surface area contributed by atoms with Crippen LogP contribution in [0.2, 0.25) is 0 Å². The number of carbonyl (C=O) groups excluding carboxylic acids is 2. The first-order chi connectivity index (χ1) is 17.1.